The molecule has 0 radical (unpaired) electrons. The maximum Gasteiger partial charge on any atom is 0.347 e. The van der Waals surface area contributed by atoms with Gasteiger partial charge in [-0.1, -0.05) is 42.1 Å². The highest BCUT2D eigenvalue weighted by Gasteiger charge is 2.27. The second-order valence-electron chi connectivity index (χ2n) is 7.97. The third-order valence-electron chi connectivity index (χ3n) is 6.26. The smallest absolute Gasteiger partial charge is 0.347 e. The molecule has 0 spiro atoms. The molecule has 162 valence electrons. The van der Waals surface area contributed by atoms with Crippen molar-refractivity contribution in [1.82, 2.24) is 4.40 Å². The topological polar surface area (TPSA) is 43.8 Å². The maximum absolute atomic E-state index is 13.8. The number of pyridine rings is 1. The van der Waals surface area contributed by atoms with Gasteiger partial charge in [-0.15, -0.1) is 0 Å². The summed E-state index contributed by atoms with van der Waals surface area (Å²) < 4.78 is 14.9. The van der Waals surface area contributed by atoms with Crippen LogP contribution in [0.15, 0.2) is 87.4 Å². The number of aromatic nitrogens is 2. The minimum Gasteiger partial charge on any atom is -0.493 e. The lowest BCUT2D eigenvalue weighted by Crippen LogP contribution is -2.29. The van der Waals surface area contributed by atoms with E-state index in [0.29, 0.717) is 16.9 Å². The first-order valence-electron chi connectivity index (χ1n) is 10.6. The molecule has 0 amide bonds. The first kappa shape index (κ1) is 19.9. The van der Waals surface area contributed by atoms with Gasteiger partial charge >= 0.3 is 5.56 Å². The van der Waals surface area contributed by atoms with Crippen LogP contribution in [0.1, 0.15) is 0 Å². The SMILES string of the molecule is COc1cc2c(cc1OC)[n+](C)c1c3ccc(Sc4ccccc4)c4cccc(c(=O)n21)c43. The molecule has 0 aliphatic rings. The molecule has 0 saturated heterocycles. The summed E-state index contributed by atoms with van der Waals surface area (Å²) in [4.78, 5) is 16.1. The number of hydrogen-bond donors (Lipinski definition) is 0. The Balaban J connectivity index is 1.75. The Bertz CT molecular complexity index is 1740. The van der Waals surface area contributed by atoms with E-state index in [2.05, 4.69) is 34.9 Å². The molecule has 2 heterocycles. The molecule has 6 aromatic rings. The van der Waals surface area contributed by atoms with Gasteiger partial charge in [-0.3, -0.25) is 0 Å². The first-order chi connectivity index (χ1) is 16.1. The summed E-state index contributed by atoms with van der Waals surface area (Å²) in [5.74, 6) is 1.23. The number of fused-ring (bicyclic) bond motifs is 4. The number of ether oxygens (including phenoxy) is 2. The molecule has 6 heteroatoms. The van der Waals surface area contributed by atoms with Gasteiger partial charge in [0.2, 0.25) is 0 Å². The average molecular weight is 454 g/mol. The minimum absolute atomic E-state index is 0.0391. The molecule has 6 rings (SSSR count). The fourth-order valence-electron chi connectivity index (χ4n) is 4.76. The third-order valence-corrected chi connectivity index (χ3v) is 7.34. The van der Waals surface area contributed by atoms with Gasteiger partial charge in [0.05, 0.1) is 32.0 Å². The summed E-state index contributed by atoms with van der Waals surface area (Å²) in [7, 11) is 5.21. The second kappa shape index (κ2) is 7.39. The van der Waals surface area contributed by atoms with Crippen LogP contribution in [0.25, 0.3) is 38.2 Å². The average Bonchev–Trinajstić information content (AvgIpc) is 3.14. The molecule has 0 aliphatic carbocycles. The number of benzene rings is 4. The number of nitrogens with zero attached hydrogens (tertiary/aromatic N) is 2. The van der Waals surface area contributed by atoms with Crippen molar-refractivity contribution >= 4 is 50.0 Å². The van der Waals surface area contributed by atoms with Crippen molar-refractivity contribution in [3.63, 3.8) is 0 Å². The van der Waals surface area contributed by atoms with Crippen LogP contribution in [0.4, 0.5) is 0 Å². The zero-order valence-corrected chi connectivity index (χ0v) is 19.3. The third kappa shape index (κ3) is 2.80. The van der Waals surface area contributed by atoms with E-state index in [1.54, 1.807) is 30.4 Å². The Morgan fingerprint density at radius 3 is 2.30 bits per heavy atom. The standard InChI is InChI=1S/C27H21N2O3S/c1-28-20-14-22(31-2)23(32-3)15-21(20)29-26(28)18-12-13-24(33-16-8-5-4-6-9-16)17-10-7-11-19(25(17)18)27(29)30/h4-15H,1-3H3/q+1. The van der Waals surface area contributed by atoms with Gasteiger partial charge in [0.15, 0.2) is 22.5 Å². The Kier molecular flexibility index (Phi) is 4.45. The van der Waals surface area contributed by atoms with Crippen LogP contribution in [0.3, 0.4) is 0 Å². The van der Waals surface area contributed by atoms with Crippen molar-refractivity contribution in [2.24, 2.45) is 7.05 Å². The van der Waals surface area contributed by atoms with E-state index in [0.717, 1.165) is 37.7 Å². The summed E-state index contributed by atoms with van der Waals surface area (Å²) in [5, 5.41) is 3.82. The largest absolute Gasteiger partial charge is 0.493 e. The van der Waals surface area contributed by atoms with Crippen LogP contribution < -0.4 is 19.6 Å². The number of aryl methyl sites for hydroxylation is 1. The quantitative estimate of drug-likeness (QED) is 0.345. The fourth-order valence-corrected chi connectivity index (χ4v) is 5.72. The summed E-state index contributed by atoms with van der Waals surface area (Å²) >= 11 is 1.71. The fraction of sp³-hybridized carbons (Fsp3) is 0.111. The molecule has 5 nitrogen and oxygen atoms in total. The molecule has 0 N–H and O–H groups in total. The van der Waals surface area contributed by atoms with Gasteiger partial charge in [-0.25, -0.2) is 9.36 Å². The molecule has 0 aliphatic heterocycles. The number of rotatable bonds is 4. The van der Waals surface area contributed by atoms with Gasteiger partial charge in [0.25, 0.3) is 5.65 Å². The van der Waals surface area contributed by atoms with Crippen molar-refractivity contribution < 1.29 is 14.0 Å². The van der Waals surface area contributed by atoms with Crippen molar-refractivity contribution in [1.29, 1.82) is 0 Å². The van der Waals surface area contributed by atoms with Gasteiger partial charge in [-0.05, 0) is 35.7 Å². The van der Waals surface area contributed by atoms with E-state index < -0.39 is 0 Å². The van der Waals surface area contributed by atoms with E-state index in [1.807, 2.05) is 49.5 Å². The van der Waals surface area contributed by atoms with Crippen LogP contribution in [0.2, 0.25) is 0 Å². The molecular weight excluding hydrogens is 432 g/mol. The minimum atomic E-state index is -0.0391. The molecule has 0 unspecified atom stereocenters. The lowest BCUT2D eigenvalue weighted by molar-refractivity contribution is -0.617. The highest BCUT2D eigenvalue weighted by atomic mass is 32.2. The Hall–Kier alpha value is -3.77. The van der Waals surface area contributed by atoms with Crippen molar-refractivity contribution in [2.75, 3.05) is 14.2 Å². The predicted molar refractivity (Wildman–Crippen MR) is 132 cm³/mol. The lowest BCUT2D eigenvalue weighted by Gasteiger charge is -2.09. The van der Waals surface area contributed by atoms with E-state index >= 15 is 0 Å². The lowest BCUT2D eigenvalue weighted by atomic mass is 10.0. The molecule has 0 saturated carbocycles. The van der Waals surface area contributed by atoms with Gasteiger partial charge in [0, 0.05) is 27.3 Å². The van der Waals surface area contributed by atoms with Crippen LogP contribution in [0.5, 0.6) is 11.5 Å². The second-order valence-corrected chi connectivity index (χ2v) is 9.09. The van der Waals surface area contributed by atoms with E-state index in [4.69, 9.17) is 9.47 Å². The van der Waals surface area contributed by atoms with Crippen molar-refractivity contribution in [3.05, 3.63) is 83.2 Å². The Morgan fingerprint density at radius 1 is 0.818 bits per heavy atom. The zero-order valence-electron chi connectivity index (χ0n) is 18.5. The summed E-state index contributed by atoms with van der Waals surface area (Å²) in [6.07, 6.45) is 0. The highest BCUT2D eigenvalue weighted by Crippen LogP contribution is 2.39. The summed E-state index contributed by atoms with van der Waals surface area (Å²) in [6, 6.07) is 24.4. The normalized spacial score (nSPS) is 11.7. The van der Waals surface area contributed by atoms with E-state index in [1.165, 1.54) is 4.90 Å². The number of hydrogen-bond acceptors (Lipinski definition) is 4. The predicted octanol–water partition coefficient (Wildman–Crippen LogP) is 5.19. The molecule has 0 atom stereocenters. The van der Waals surface area contributed by atoms with Gasteiger partial charge in [-0.2, -0.15) is 4.40 Å². The maximum atomic E-state index is 13.8. The van der Waals surface area contributed by atoms with Crippen LogP contribution in [0, 0.1) is 0 Å². The molecule has 4 aromatic carbocycles. The molecule has 0 fully saturated rings. The zero-order chi connectivity index (χ0) is 22.7. The van der Waals surface area contributed by atoms with Crippen LogP contribution in [-0.2, 0) is 7.05 Å². The van der Waals surface area contributed by atoms with Crippen molar-refractivity contribution in [3.8, 4) is 11.5 Å². The molecule has 0 bridgehead atoms. The Morgan fingerprint density at radius 2 is 1.55 bits per heavy atom. The van der Waals surface area contributed by atoms with Gasteiger partial charge < -0.3 is 9.47 Å². The number of imidazole rings is 1. The van der Waals surface area contributed by atoms with Crippen LogP contribution >= 0.6 is 11.8 Å². The molecule has 2 aromatic heterocycles. The summed E-state index contributed by atoms with van der Waals surface area (Å²) in [6.45, 7) is 0. The van der Waals surface area contributed by atoms with Crippen LogP contribution in [-0.4, -0.2) is 18.6 Å². The van der Waals surface area contributed by atoms with Gasteiger partial charge in [0.1, 0.15) is 0 Å². The highest BCUT2D eigenvalue weighted by molar-refractivity contribution is 7.99. The monoisotopic (exact) mass is 453 g/mol. The van der Waals surface area contributed by atoms with E-state index in [-0.39, 0.29) is 5.56 Å². The first-order valence-corrected chi connectivity index (χ1v) is 11.4. The molecular formula is C27H21N2O3S+. The van der Waals surface area contributed by atoms with Crippen molar-refractivity contribution in [2.45, 2.75) is 9.79 Å². The Labute approximate surface area is 194 Å². The number of methoxy groups -OCH3 is 2. The summed E-state index contributed by atoms with van der Waals surface area (Å²) in [5.41, 5.74) is 2.51. The molecule has 33 heavy (non-hydrogen) atoms. The van der Waals surface area contributed by atoms with E-state index in [9.17, 15) is 4.79 Å².